The zero-order valence-corrected chi connectivity index (χ0v) is 13.6. The third-order valence-electron chi connectivity index (χ3n) is 3.78. The van der Waals surface area contributed by atoms with Crippen LogP contribution >= 0.6 is 0 Å². The van der Waals surface area contributed by atoms with Crippen molar-refractivity contribution in [2.24, 2.45) is 0 Å². The number of aromatic nitrogens is 2. The highest BCUT2D eigenvalue weighted by molar-refractivity contribution is 5.61. The van der Waals surface area contributed by atoms with E-state index in [4.69, 9.17) is 0 Å². The Morgan fingerprint density at radius 1 is 1.12 bits per heavy atom. The Kier molecular flexibility index (Phi) is 4.31. The molecule has 0 aliphatic heterocycles. The average molecular weight is 355 g/mol. The maximum absolute atomic E-state index is 12.5. The molecule has 0 aliphatic carbocycles. The van der Waals surface area contributed by atoms with Gasteiger partial charge in [0.05, 0.1) is 9.85 Å². The summed E-state index contributed by atoms with van der Waals surface area (Å²) in [6.07, 6.45) is 1.40. The Morgan fingerprint density at radius 2 is 1.88 bits per heavy atom. The van der Waals surface area contributed by atoms with Crippen LogP contribution in [0.3, 0.4) is 0 Å². The lowest BCUT2D eigenvalue weighted by Gasteiger charge is -2.18. The zero-order chi connectivity index (χ0) is 18.8. The van der Waals surface area contributed by atoms with E-state index >= 15 is 0 Å². The molecule has 0 amide bonds. The number of non-ortho nitro benzene ring substituents is 1. The zero-order valence-electron chi connectivity index (χ0n) is 13.6. The minimum atomic E-state index is -0.790. The van der Waals surface area contributed by atoms with Gasteiger partial charge in [-0.15, -0.1) is 0 Å². The molecule has 0 saturated carbocycles. The van der Waals surface area contributed by atoms with Gasteiger partial charge in [-0.25, -0.2) is 4.98 Å². The summed E-state index contributed by atoms with van der Waals surface area (Å²) < 4.78 is 1.10. The fraction of sp³-hybridized carbons (Fsp3) is 0.125. The summed E-state index contributed by atoms with van der Waals surface area (Å²) in [5.74, 6) is -0.0993. The molecular weight excluding hydrogens is 342 g/mol. The highest BCUT2D eigenvalue weighted by Crippen LogP contribution is 2.24. The second kappa shape index (κ2) is 6.59. The first kappa shape index (κ1) is 17.0. The van der Waals surface area contributed by atoms with Gasteiger partial charge in [0.15, 0.2) is 0 Å². The predicted octanol–water partition coefficient (Wildman–Crippen LogP) is 2.15. The van der Waals surface area contributed by atoms with E-state index < -0.39 is 21.1 Å². The molecule has 0 fully saturated rings. The number of benzene rings is 1. The van der Waals surface area contributed by atoms with Gasteiger partial charge >= 0.3 is 11.2 Å². The number of nitrogens with zero attached hydrogens (tertiary/aromatic N) is 5. The van der Waals surface area contributed by atoms with E-state index in [1.807, 2.05) is 0 Å². The summed E-state index contributed by atoms with van der Waals surface area (Å²) in [6, 6.07) is 10.7. The minimum absolute atomic E-state index is 0.0862. The van der Waals surface area contributed by atoms with E-state index in [0.717, 1.165) is 4.40 Å². The van der Waals surface area contributed by atoms with Crippen LogP contribution in [0.25, 0.3) is 5.65 Å². The van der Waals surface area contributed by atoms with Crippen molar-refractivity contribution >= 4 is 22.8 Å². The smallest absolute Gasteiger partial charge is 0.349 e. The van der Waals surface area contributed by atoms with Crippen LogP contribution in [0.1, 0.15) is 5.56 Å². The van der Waals surface area contributed by atoms with Crippen LogP contribution < -0.4 is 10.5 Å². The molecule has 0 radical (unpaired) electrons. The van der Waals surface area contributed by atoms with Crippen LogP contribution in [-0.4, -0.2) is 26.3 Å². The van der Waals surface area contributed by atoms with Gasteiger partial charge in [-0.1, -0.05) is 18.2 Å². The molecule has 0 unspecified atom stereocenters. The fourth-order valence-corrected chi connectivity index (χ4v) is 2.61. The molecule has 10 heteroatoms. The van der Waals surface area contributed by atoms with E-state index in [2.05, 4.69) is 4.98 Å². The highest BCUT2D eigenvalue weighted by Gasteiger charge is 2.26. The maximum atomic E-state index is 12.5. The van der Waals surface area contributed by atoms with Crippen molar-refractivity contribution in [3.8, 4) is 0 Å². The van der Waals surface area contributed by atoms with Crippen molar-refractivity contribution in [2.75, 3.05) is 11.9 Å². The number of rotatable bonds is 5. The molecule has 132 valence electrons. The van der Waals surface area contributed by atoms with Gasteiger partial charge in [0.25, 0.3) is 5.69 Å². The maximum Gasteiger partial charge on any atom is 0.376 e. The first-order valence-corrected chi connectivity index (χ1v) is 7.48. The lowest BCUT2D eigenvalue weighted by atomic mass is 10.2. The Labute approximate surface area is 146 Å². The topological polar surface area (TPSA) is 124 Å². The average Bonchev–Trinajstić information content (AvgIpc) is 2.61. The SMILES string of the molecule is CN(Cc1cccc([N+](=O)[O-])c1)c1nc2ccccn2c(=O)c1[N+](=O)[O-]. The van der Waals surface area contributed by atoms with Crippen LogP contribution in [0.4, 0.5) is 17.2 Å². The summed E-state index contributed by atoms with van der Waals surface area (Å²) in [5, 5.41) is 22.3. The van der Waals surface area contributed by atoms with E-state index in [1.165, 1.54) is 36.3 Å². The largest absolute Gasteiger partial charge is 0.376 e. The summed E-state index contributed by atoms with van der Waals surface area (Å²) in [6.45, 7) is 0.109. The van der Waals surface area contributed by atoms with Crippen molar-refractivity contribution in [3.63, 3.8) is 0 Å². The molecule has 0 aliphatic rings. The first-order chi connectivity index (χ1) is 12.4. The number of fused-ring (bicyclic) bond motifs is 1. The predicted molar refractivity (Wildman–Crippen MR) is 93.3 cm³/mol. The summed E-state index contributed by atoms with van der Waals surface area (Å²) in [7, 11) is 1.53. The van der Waals surface area contributed by atoms with E-state index in [-0.39, 0.29) is 23.7 Å². The molecule has 3 aromatic rings. The van der Waals surface area contributed by atoms with Crippen molar-refractivity contribution in [1.82, 2.24) is 9.38 Å². The third kappa shape index (κ3) is 3.07. The molecule has 26 heavy (non-hydrogen) atoms. The standard InChI is InChI=1S/C16H13N5O5/c1-18(10-11-5-4-6-12(9-11)20(23)24)15-14(21(25)26)16(22)19-8-3-2-7-13(19)17-15/h2-9H,10H2,1H3. The van der Waals surface area contributed by atoms with Crippen LogP contribution in [0.15, 0.2) is 53.5 Å². The Bertz CT molecular complexity index is 1080. The van der Waals surface area contributed by atoms with Gasteiger partial charge in [-0.2, -0.15) is 0 Å². The first-order valence-electron chi connectivity index (χ1n) is 7.48. The Balaban J connectivity index is 2.08. The third-order valence-corrected chi connectivity index (χ3v) is 3.78. The Hall–Kier alpha value is -3.82. The Morgan fingerprint density at radius 3 is 2.58 bits per heavy atom. The summed E-state index contributed by atoms with van der Waals surface area (Å²) >= 11 is 0. The monoisotopic (exact) mass is 355 g/mol. The number of pyridine rings is 1. The molecule has 1 aromatic carbocycles. The van der Waals surface area contributed by atoms with Gasteiger partial charge in [0.1, 0.15) is 5.65 Å². The minimum Gasteiger partial charge on any atom is -0.349 e. The molecule has 2 aromatic heterocycles. The molecule has 0 spiro atoms. The van der Waals surface area contributed by atoms with Gasteiger partial charge in [-0.05, 0) is 17.7 Å². The van der Waals surface area contributed by atoms with Crippen LogP contribution in [0.2, 0.25) is 0 Å². The quantitative estimate of drug-likeness (QED) is 0.507. The van der Waals surface area contributed by atoms with Crippen molar-refractivity contribution < 1.29 is 9.85 Å². The molecule has 0 N–H and O–H groups in total. The van der Waals surface area contributed by atoms with Gasteiger partial charge in [-0.3, -0.25) is 29.4 Å². The molecule has 3 rings (SSSR count). The molecule has 0 bridgehead atoms. The normalized spacial score (nSPS) is 10.7. The molecule has 0 saturated heterocycles. The van der Waals surface area contributed by atoms with Crippen LogP contribution in [0.5, 0.6) is 0 Å². The molecule has 10 nitrogen and oxygen atoms in total. The number of hydrogen-bond acceptors (Lipinski definition) is 7. The second-order valence-electron chi connectivity index (χ2n) is 5.56. The number of nitro groups is 2. The fourth-order valence-electron chi connectivity index (χ4n) is 2.61. The summed E-state index contributed by atoms with van der Waals surface area (Å²) in [5.41, 5.74) is -0.699. The number of anilines is 1. The van der Waals surface area contributed by atoms with Crippen LogP contribution in [0, 0.1) is 20.2 Å². The van der Waals surface area contributed by atoms with Gasteiger partial charge in [0.2, 0.25) is 5.82 Å². The van der Waals surface area contributed by atoms with Crippen LogP contribution in [-0.2, 0) is 6.54 Å². The lowest BCUT2D eigenvalue weighted by Crippen LogP contribution is -2.26. The van der Waals surface area contributed by atoms with E-state index in [0.29, 0.717) is 5.56 Å². The number of hydrogen-bond donors (Lipinski definition) is 0. The van der Waals surface area contributed by atoms with Gasteiger partial charge in [0, 0.05) is 31.9 Å². The second-order valence-corrected chi connectivity index (χ2v) is 5.56. The summed E-state index contributed by atoms with van der Waals surface area (Å²) in [4.78, 5) is 39.1. The molecule has 2 heterocycles. The van der Waals surface area contributed by atoms with Crippen molar-refractivity contribution in [1.29, 1.82) is 0 Å². The molecule has 0 atom stereocenters. The lowest BCUT2D eigenvalue weighted by molar-refractivity contribution is -0.385. The molecular formula is C16H13N5O5. The van der Waals surface area contributed by atoms with E-state index in [1.54, 1.807) is 24.3 Å². The number of nitro benzene ring substituents is 1. The van der Waals surface area contributed by atoms with Crippen molar-refractivity contribution in [2.45, 2.75) is 6.54 Å². The highest BCUT2D eigenvalue weighted by atomic mass is 16.6. The van der Waals surface area contributed by atoms with Crippen molar-refractivity contribution in [3.05, 3.63) is 84.8 Å². The van der Waals surface area contributed by atoms with E-state index in [9.17, 15) is 25.0 Å². The van der Waals surface area contributed by atoms with Gasteiger partial charge < -0.3 is 4.90 Å².